The van der Waals surface area contributed by atoms with Crippen molar-refractivity contribution >= 4 is 92.8 Å². The fourth-order valence-corrected chi connectivity index (χ4v) is 10.9. The average Bonchev–Trinajstić information content (AvgIpc) is 3.96. The molecule has 0 saturated heterocycles. The molecular formula is C53H37N3S. The van der Waals surface area contributed by atoms with E-state index in [1.807, 2.05) is 11.3 Å². The van der Waals surface area contributed by atoms with Crippen LogP contribution < -0.4 is 9.80 Å². The molecule has 0 saturated carbocycles. The van der Waals surface area contributed by atoms with Crippen molar-refractivity contribution in [2.75, 3.05) is 9.80 Å². The largest absolute Gasteiger partial charge is 0.310 e. The molecule has 3 aromatic heterocycles. The summed E-state index contributed by atoms with van der Waals surface area (Å²) in [5.41, 5.74) is 13.5. The lowest BCUT2D eigenvalue weighted by Gasteiger charge is -2.26. The molecule has 0 aliphatic heterocycles. The molecule has 4 heteroatoms. The maximum Gasteiger partial charge on any atom is 0.109 e. The number of hydrogen-bond donors (Lipinski definition) is 0. The summed E-state index contributed by atoms with van der Waals surface area (Å²) in [5, 5.41) is 7.84. The predicted octanol–water partition coefficient (Wildman–Crippen LogP) is 15.3. The summed E-state index contributed by atoms with van der Waals surface area (Å²) in [6.07, 6.45) is 0. The normalized spacial score (nSPS) is 13.2. The third-order valence-electron chi connectivity index (χ3n) is 12.2. The SMILES string of the molecule is CC1(C)c2cc3cc(N(c4ccccc4)c4ccccc4)ccc3cc2-c2c1n1c3sc4ccc(N(c5ccccc5)c5ccccc5)cc4c3c3cccc2c31. The Morgan fingerprint density at radius 3 is 1.60 bits per heavy atom. The van der Waals surface area contributed by atoms with Gasteiger partial charge in [-0.2, -0.15) is 0 Å². The van der Waals surface area contributed by atoms with Crippen LogP contribution in [-0.4, -0.2) is 4.40 Å². The molecule has 1 aliphatic carbocycles. The highest BCUT2D eigenvalue weighted by Crippen LogP contribution is 2.57. The first kappa shape index (κ1) is 32.4. The minimum Gasteiger partial charge on any atom is -0.310 e. The lowest BCUT2D eigenvalue weighted by Crippen LogP contribution is -2.17. The summed E-state index contributed by atoms with van der Waals surface area (Å²) in [5.74, 6) is 0. The molecule has 0 fully saturated rings. The van der Waals surface area contributed by atoms with Gasteiger partial charge in [-0.25, -0.2) is 0 Å². The summed E-state index contributed by atoms with van der Waals surface area (Å²) in [7, 11) is 0. The molecule has 0 radical (unpaired) electrons. The van der Waals surface area contributed by atoms with Gasteiger partial charge in [-0.05, 0) is 113 Å². The molecule has 3 heterocycles. The number of rotatable bonds is 6. The highest BCUT2D eigenvalue weighted by atomic mass is 32.1. The molecule has 0 amide bonds. The number of para-hydroxylation sites is 5. The van der Waals surface area contributed by atoms with Crippen LogP contribution in [0.1, 0.15) is 25.1 Å². The van der Waals surface area contributed by atoms with Crippen LogP contribution in [0.3, 0.4) is 0 Å². The molecule has 270 valence electrons. The molecule has 11 aromatic rings. The maximum atomic E-state index is 2.63. The zero-order chi connectivity index (χ0) is 37.8. The predicted molar refractivity (Wildman–Crippen MR) is 243 cm³/mol. The number of benzene rings is 8. The van der Waals surface area contributed by atoms with Crippen LogP contribution in [0, 0.1) is 0 Å². The first-order chi connectivity index (χ1) is 28.0. The Labute approximate surface area is 335 Å². The number of nitrogens with zero attached hydrogens (tertiary/aromatic N) is 3. The van der Waals surface area contributed by atoms with Crippen LogP contribution in [0.2, 0.25) is 0 Å². The number of anilines is 6. The zero-order valence-electron chi connectivity index (χ0n) is 31.6. The molecule has 12 rings (SSSR count). The fraction of sp³-hybridized carbons (Fsp3) is 0.0566. The highest BCUT2D eigenvalue weighted by Gasteiger charge is 2.42. The number of aromatic nitrogens is 1. The van der Waals surface area contributed by atoms with E-state index in [0.29, 0.717) is 0 Å². The third-order valence-corrected chi connectivity index (χ3v) is 13.3. The smallest absolute Gasteiger partial charge is 0.109 e. The van der Waals surface area contributed by atoms with Crippen molar-refractivity contribution in [3.05, 3.63) is 199 Å². The van der Waals surface area contributed by atoms with Crippen LogP contribution in [0.4, 0.5) is 34.1 Å². The lowest BCUT2D eigenvalue weighted by atomic mass is 9.84. The zero-order valence-corrected chi connectivity index (χ0v) is 32.5. The van der Waals surface area contributed by atoms with Gasteiger partial charge in [0, 0.05) is 77.0 Å². The maximum absolute atomic E-state index is 2.63. The fourth-order valence-electron chi connectivity index (χ4n) is 9.71. The van der Waals surface area contributed by atoms with Gasteiger partial charge in [0.15, 0.2) is 0 Å². The van der Waals surface area contributed by atoms with Crippen molar-refractivity contribution in [1.82, 2.24) is 4.40 Å². The van der Waals surface area contributed by atoms with Gasteiger partial charge in [0.05, 0.1) is 5.52 Å². The Bertz CT molecular complexity index is 3230. The van der Waals surface area contributed by atoms with Gasteiger partial charge < -0.3 is 14.2 Å². The molecule has 57 heavy (non-hydrogen) atoms. The van der Waals surface area contributed by atoms with Crippen molar-refractivity contribution in [2.24, 2.45) is 0 Å². The second-order valence-corrected chi connectivity index (χ2v) is 16.8. The summed E-state index contributed by atoms with van der Waals surface area (Å²) < 4.78 is 3.94. The van der Waals surface area contributed by atoms with E-state index in [0.717, 1.165) is 34.1 Å². The van der Waals surface area contributed by atoms with Crippen molar-refractivity contribution in [1.29, 1.82) is 0 Å². The van der Waals surface area contributed by atoms with E-state index in [9.17, 15) is 0 Å². The first-order valence-corrected chi connectivity index (χ1v) is 20.5. The molecule has 0 atom stereocenters. The Morgan fingerprint density at radius 2 is 1.00 bits per heavy atom. The molecule has 0 N–H and O–H groups in total. The second-order valence-electron chi connectivity index (χ2n) is 15.8. The van der Waals surface area contributed by atoms with E-state index in [4.69, 9.17) is 0 Å². The molecular weight excluding hydrogens is 711 g/mol. The Hall–Kier alpha value is -6.88. The van der Waals surface area contributed by atoms with Crippen LogP contribution in [0.5, 0.6) is 0 Å². The molecule has 0 unspecified atom stereocenters. The van der Waals surface area contributed by atoms with Crippen molar-refractivity contribution < 1.29 is 0 Å². The molecule has 8 aromatic carbocycles. The van der Waals surface area contributed by atoms with E-state index in [1.54, 1.807) is 0 Å². The van der Waals surface area contributed by atoms with Crippen LogP contribution in [0.15, 0.2) is 188 Å². The monoisotopic (exact) mass is 747 g/mol. The summed E-state index contributed by atoms with van der Waals surface area (Å²) in [6.45, 7) is 4.85. The quantitative estimate of drug-likeness (QED) is 0.168. The lowest BCUT2D eigenvalue weighted by molar-refractivity contribution is 0.635. The van der Waals surface area contributed by atoms with E-state index < -0.39 is 0 Å². The molecule has 3 nitrogen and oxygen atoms in total. The number of thiophene rings is 1. The summed E-state index contributed by atoms with van der Waals surface area (Å²) in [4.78, 5) is 6.05. The molecule has 0 bridgehead atoms. The standard InChI is InChI=1S/C53H37N3S/c1-53(2)46-32-35-30-40(54(36-16-7-3-8-17-36)37-18-9-4-10-19-37)27-26-34(35)31-44(46)48-42-24-15-25-43-49-45-33-41(28-29-47(45)57-52(49)56(50(42)43)51(48)53)55(38-20-11-5-12-21-38)39-22-13-6-14-23-39/h3-33H,1-2H3. The van der Waals surface area contributed by atoms with Gasteiger partial charge >= 0.3 is 0 Å². The van der Waals surface area contributed by atoms with Gasteiger partial charge in [-0.1, -0.05) is 111 Å². The Morgan fingerprint density at radius 1 is 0.456 bits per heavy atom. The van der Waals surface area contributed by atoms with Crippen LogP contribution >= 0.6 is 11.3 Å². The summed E-state index contributed by atoms with van der Waals surface area (Å²) >= 11 is 1.92. The van der Waals surface area contributed by atoms with Crippen molar-refractivity contribution in [2.45, 2.75) is 19.3 Å². The molecule has 1 aliphatic rings. The number of fused-ring (bicyclic) bond motifs is 11. The van der Waals surface area contributed by atoms with E-state index >= 15 is 0 Å². The van der Waals surface area contributed by atoms with Crippen molar-refractivity contribution in [3.63, 3.8) is 0 Å². The minimum atomic E-state index is -0.218. The molecule has 0 spiro atoms. The summed E-state index contributed by atoms with van der Waals surface area (Å²) in [6, 6.07) is 68.6. The van der Waals surface area contributed by atoms with Gasteiger partial charge in [-0.15, -0.1) is 11.3 Å². The Balaban J connectivity index is 1.05. The highest BCUT2D eigenvalue weighted by molar-refractivity contribution is 7.25. The number of hydrogen-bond acceptors (Lipinski definition) is 3. The van der Waals surface area contributed by atoms with Gasteiger partial charge in [0.25, 0.3) is 0 Å². The van der Waals surface area contributed by atoms with Gasteiger partial charge in [-0.3, -0.25) is 0 Å². The third kappa shape index (κ3) is 4.65. The van der Waals surface area contributed by atoms with Gasteiger partial charge in [0.1, 0.15) is 4.83 Å². The Kier molecular flexibility index (Phi) is 6.85. The topological polar surface area (TPSA) is 10.9 Å². The van der Waals surface area contributed by atoms with E-state index in [1.165, 1.54) is 69.7 Å². The van der Waals surface area contributed by atoms with Gasteiger partial charge in [0.2, 0.25) is 0 Å². The van der Waals surface area contributed by atoms with E-state index in [-0.39, 0.29) is 5.41 Å². The average molecular weight is 748 g/mol. The van der Waals surface area contributed by atoms with Crippen molar-refractivity contribution in [3.8, 4) is 11.1 Å². The van der Waals surface area contributed by atoms with E-state index in [2.05, 4.69) is 216 Å². The minimum absolute atomic E-state index is 0.218. The van der Waals surface area contributed by atoms with Crippen LogP contribution in [-0.2, 0) is 5.41 Å². The first-order valence-electron chi connectivity index (χ1n) is 19.7. The second kappa shape index (κ2) is 12.1. The van der Waals surface area contributed by atoms with Crippen LogP contribution in [0.25, 0.3) is 58.5 Å².